The minimum atomic E-state index is -0.666. The smallest absolute Gasteiger partial charge is 0.358 e. The number of benzene rings is 2. The number of amides is 1. The second kappa shape index (κ2) is 8.86. The average molecular weight is 417 g/mol. The van der Waals surface area contributed by atoms with Crippen molar-refractivity contribution in [3.05, 3.63) is 64.1 Å². The summed E-state index contributed by atoms with van der Waals surface area (Å²) in [5.74, 6) is -0.412. The van der Waals surface area contributed by atoms with E-state index >= 15 is 0 Å². The van der Waals surface area contributed by atoms with Gasteiger partial charge in [-0.3, -0.25) is 4.79 Å². The Balaban J connectivity index is 1.57. The predicted molar refractivity (Wildman–Crippen MR) is 109 cm³/mol. The number of nitrogens with one attached hydrogen (secondary N) is 1. The Labute approximate surface area is 171 Å². The van der Waals surface area contributed by atoms with E-state index in [2.05, 4.69) is 10.3 Å². The summed E-state index contributed by atoms with van der Waals surface area (Å²) in [7, 11) is 1.59. The summed E-state index contributed by atoms with van der Waals surface area (Å²) in [5, 5.41) is 5.29. The van der Waals surface area contributed by atoms with Crippen LogP contribution in [0.3, 0.4) is 0 Å². The highest BCUT2D eigenvalue weighted by Crippen LogP contribution is 2.26. The molecule has 0 saturated heterocycles. The molecule has 0 fully saturated rings. The minimum Gasteiger partial charge on any atom is -0.497 e. The standard InChI is InChI=1S/C20H17ClN2O4S/c1-12-3-8-16(15(21)9-12)22-18(24)10-27-20(25)17-11-28-19(23-17)13-4-6-14(26-2)7-5-13/h3-9,11H,10H2,1-2H3,(H,22,24). The Hall–Kier alpha value is -2.90. The van der Waals surface area contributed by atoms with Gasteiger partial charge in [-0.15, -0.1) is 11.3 Å². The van der Waals surface area contributed by atoms with Crippen molar-refractivity contribution in [1.82, 2.24) is 4.98 Å². The number of aryl methyl sites for hydroxylation is 1. The number of anilines is 1. The second-order valence-electron chi connectivity index (χ2n) is 5.87. The minimum absolute atomic E-state index is 0.150. The van der Waals surface area contributed by atoms with Crippen LogP contribution in [0.15, 0.2) is 47.8 Å². The first-order valence-electron chi connectivity index (χ1n) is 8.29. The number of halogens is 1. The van der Waals surface area contributed by atoms with Gasteiger partial charge < -0.3 is 14.8 Å². The number of esters is 1. The fraction of sp³-hybridized carbons (Fsp3) is 0.150. The molecule has 0 unspecified atom stereocenters. The third-order valence-corrected chi connectivity index (χ3v) is 4.99. The predicted octanol–water partition coefficient (Wildman–Crippen LogP) is 4.58. The van der Waals surface area contributed by atoms with Crippen LogP contribution >= 0.6 is 22.9 Å². The Kier molecular flexibility index (Phi) is 6.28. The molecule has 0 radical (unpaired) electrons. The van der Waals surface area contributed by atoms with Crippen LogP contribution < -0.4 is 10.1 Å². The van der Waals surface area contributed by atoms with Crippen LogP contribution in [-0.4, -0.2) is 30.6 Å². The van der Waals surface area contributed by atoms with Crippen LogP contribution in [0.25, 0.3) is 10.6 Å². The first-order valence-corrected chi connectivity index (χ1v) is 9.55. The normalized spacial score (nSPS) is 10.4. The molecule has 1 amide bonds. The van der Waals surface area contributed by atoms with Gasteiger partial charge in [0.05, 0.1) is 17.8 Å². The number of nitrogens with zero attached hydrogens (tertiary/aromatic N) is 1. The molecule has 0 aliphatic heterocycles. The number of thiazole rings is 1. The molecule has 3 rings (SSSR count). The summed E-state index contributed by atoms with van der Waals surface area (Å²) in [5.41, 5.74) is 2.45. The Bertz CT molecular complexity index is 1000. The second-order valence-corrected chi connectivity index (χ2v) is 7.14. The molecule has 28 heavy (non-hydrogen) atoms. The van der Waals surface area contributed by atoms with Crippen LogP contribution in [0.2, 0.25) is 5.02 Å². The van der Waals surface area contributed by atoms with Gasteiger partial charge in [-0.25, -0.2) is 9.78 Å². The van der Waals surface area contributed by atoms with Crippen molar-refractivity contribution >= 4 is 40.5 Å². The number of ether oxygens (including phenoxy) is 2. The van der Waals surface area contributed by atoms with Crippen molar-refractivity contribution in [3.8, 4) is 16.3 Å². The molecule has 1 aromatic heterocycles. The fourth-order valence-electron chi connectivity index (χ4n) is 2.35. The van der Waals surface area contributed by atoms with E-state index in [1.54, 1.807) is 24.6 Å². The zero-order chi connectivity index (χ0) is 20.1. The van der Waals surface area contributed by atoms with Crippen molar-refractivity contribution in [2.75, 3.05) is 19.0 Å². The monoisotopic (exact) mass is 416 g/mol. The molecular formula is C20H17ClN2O4S. The average Bonchev–Trinajstić information content (AvgIpc) is 3.19. The van der Waals surface area contributed by atoms with E-state index in [9.17, 15) is 9.59 Å². The Morgan fingerprint density at radius 2 is 1.93 bits per heavy atom. The van der Waals surface area contributed by atoms with Gasteiger partial charge in [-0.2, -0.15) is 0 Å². The van der Waals surface area contributed by atoms with Crippen LogP contribution in [0.5, 0.6) is 5.75 Å². The molecule has 144 valence electrons. The maximum atomic E-state index is 12.2. The van der Waals surface area contributed by atoms with Crippen LogP contribution in [0, 0.1) is 6.92 Å². The molecule has 2 aromatic carbocycles. The van der Waals surface area contributed by atoms with Crippen molar-refractivity contribution in [2.24, 2.45) is 0 Å². The summed E-state index contributed by atoms with van der Waals surface area (Å²) in [6.45, 7) is 1.46. The first-order chi connectivity index (χ1) is 13.5. The van der Waals surface area contributed by atoms with Crippen molar-refractivity contribution in [3.63, 3.8) is 0 Å². The number of methoxy groups -OCH3 is 1. The van der Waals surface area contributed by atoms with E-state index in [1.807, 2.05) is 37.3 Å². The van der Waals surface area contributed by atoms with E-state index in [4.69, 9.17) is 21.1 Å². The molecular weight excluding hydrogens is 400 g/mol. The van der Waals surface area contributed by atoms with E-state index in [1.165, 1.54) is 11.3 Å². The number of carbonyl (C=O) groups excluding carboxylic acids is 2. The number of rotatable bonds is 6. The molecule has 0 aliphatic rings. The van der Waals surface area contributed by atoms with E-state index in [0.717, 1.165) is 16.9 Å². The molecule has 1 heterocycles. The lowest BCUT2D eigenvalue weighted by Crippen LogP contribution is -2.21. The number of hydrogen-bond donors (Lipinski definition) is 1. The maximum Gasteiger partial charge on any atom is 0.358 e. The lowest BCUT2D eigenvalue weighted by molar-refractivity contribution is -0.119. The topological polar surface area (TPSA) is 77.5 Å². The quantitative estimate of drug-likeness (QED) is 0.595. The molecule has 0 bridgehead atoms. The highest BCUT2D eigenvalue weighted by Gasteiger charge is 2.15. The van der Waals surface area contributed by atoms with Gasteiger partial charge in [0.15, 0.2) is 12.3 Å². The van der Waals surface area contributed by atoms with E-state index < -0.39 is 18.5 Å². The van der Waals surface area contributed by atoms with Crippen LogP contribution in [0.4, 0.5) is 5.69 Å². The van der Waals surface area contributed by atoms with E-state index in [-0.39, 0.29) is 5.69 Å². The fourth-order valence-corrected chi connectivity index (χ4v) is 3.42. The van der Waals surface area contributed by atoms with Crippen molar-refractivity contribution in [2.45, 2.75) is 6.92 Å². The summed E-state index contributed by atoms with van der Waals surface area (Å²) in [4.78, 5) is 28.4. The van der Waals surface area contributed by atoms with Gasteiger partial charge in [0.25, 0.3) is 5.91 Å². The zero-order valence-corrected chi connectivity index (χ0v) is 16.8. The van der Waals surface area contributed by atoms with Gasteiger partial charge in [0.1, 0.15) is 10.8 Å². The lowest BCUT2D eigenvalue weighted by atomic mass is 10.2. The Morgan fingerprint density at radius 1 is 1.18 bits per heavy atom. The number of carbonyl (C=O) groups is 2. The summed E-state index contributed by atoms with van der Waals surface area (Å²) in [6, 6.07) is 12.6. The highest BCUT2D eigenvalue weighted by atomic mass is 35.5. The zero-order valence-electron chi connectivity index (χ0n) is 15.2. The lowest BCUT2D eigenvalue weighted by Gasteiger charge is -2.08. The van der Waals surface area contributed by atoms with Gasteiger partial charge in [-0.05, 0) is 48.9 Å². The van der Waals surface area contributed by atoms with Crippen LogP contribution in [0.1, 0.15) is 16.1 Å². The van der Waals surface area contributed by atoms with E-state index in [0.29, 0.717) is 15.7 Å². The molecule has 8 heteroatoms. The molecule has 1 N–H and O–H groups in total. The van der Waals surface area contributed by atoms with Gasteiger partial charge >= 0.3 is 5.97 Å². The van der Waals surface area contributed by atoms with Gasteiger partial charge in [0, 0.05) is 10.9 Å². The van der Waals surface area contributed by atoms with Gasteiger partial charge in [0.2, 0.25) is 0 Å². The molecule has 0 aliphatic carbocycles. The van der Waals surface area contributed by atoms with Gasteiger partial charge in [-0.1, -0.05) is 17.7 Å². The summed E-state index contributed by atoms with van der Waals surface area (Å²) < 4.78 is 10.2. The SMILES string of the molecule is COc1ccc(-c2nc(C(=O)OCC(=O)Nc3ccc(C)cc3Cl)cs2)cc1. The molecule has 6 nitrogen and oxygen atoms in total. The first kappa shape index (κ1) is 19.9. The summed E-state index contributed by atoms with van der Waals surface area (Å²) >= 11 is 7.39. The van der Waals surface area contributed by atoms with Crippen molar-refractivity contribution < 1.29 is 19.1 Å². The molecule has 3 aromatic rings. The van der Waals surface area contributed by atoms with Crippen LogP contribution in [-0.2, 0) is 9.53 Å². The maximum absolute atomic E-state index is 12.2. The van der Waals surface area contributed by atoms with Crippen molar-refractivity contribution in [1.29, 1.82) is 0 Å². The third kappa shape index (κ3) is 4.88. The molecule has 0 spiro atoms. The highest BCUT2D eigenvalue weighted by molar-refractivity contribution is 7.13. The summed E-state index contributed by atoms with van der Waals surface area (Å²) in [6.07, 6.45) is 0. The molecule has 0 atom stereocenters. The number of hydrogen-bond acceptors (Lipinski definition) is 6. The Morgan fingerprint density at radius 3 is 2.61 bits per heavy atom. The largest absolute Gasteiger partial charge is 0.497 e. The third-order valence-electron chi connectivity index (χ3n) is 3.78. The molecule has 0 saturated carbocycles. The number of aromatic nitrogens is 1.